The van der Waals surface area contributed by atoms with Crippen molar-refractivity contribution in [3.8, 4) is 0 Å². The average Bonchev–Trinajstić information content (AvgIpc) is 2.85. The van der Waals surface area contributed by atoms with Crippen molar-refractivity contribution in [3.63, 3.8) is 0 Å². The van der Waals surface area contributed by atoms with Gasteiger partial charge < -0.3 is 5.11 Å². The fraction of sp³-hybridized carbons (Fsp3) is 0.905. The van der Waals surface area contributed by atoms with Gasteiger partial charge in [-0.1, -0.05) is 38.8 Å². The summed E-state index contributed by atoms with van der Waals surface area (Å²) in [5.41, 5.74) is 2.32. The zero-order chi connectivity index (χ0) is 15.5. The minimum atomic E-state index is -0.0898. The molecule has 0 heterocycles. The van der Waals surface area contributed by atoms with Crippen LogP contribution in [0.1, 0.15) is 78.6 Å². The molecule has 0 saturated heterocycles. The number of fused-ring (bicyclic) bond motifs is 5. The fourth-order valence-corrected chi connectivity index (χ4v) is 7.54. The summed E-state index contributed by atoms with van der Waals surface area (Å²) in [6.45, 7) is 7.42. The van der Waals surface area contributed by atoms with E-state index < -0.39 is 0 Å². The molecular weight excluding hydrogens is 268 g/mol. The van der Waals surface area contributed by atoms with Gasteiger partial charge in [-0.3, -0.25) is 0 Å². The van der Waals surface area contributed by atoms with E-state index in [1.165, 1.54) is 44.9 Å². The molecule has 1 nitrogen and oxygen atoms in total. The standard InChI is InChI=1S/C21H34O/c1-4-14-9-11-17-16-10-8-15-6-5-7-19(22)21(15,3)18(16)12-13-20(14,17)2/h6,14,16-19,22H,4-5,7-13H2,1-3H3/t14-,16-,17-,18-,19-,20+,21-/m0/s1. The zero-order valence-corrected chi connectivity index (χ0v) is 14.8. The molecule has 0 spiro atoms. The molecule has 0 amide bonds. The second-order valence-electron chi connectivity index (χ2n) is 9.25. The Balaban J connectivity index is 1.68. The minimum absolute atomic E-state index is 0.0898. The molecular formula is C21H34O. The van der Waals surface area contributed by atoms with Crippen molar-refractivity contribution < 1.29 is 5.11 Å². The molecule has 22 heavy (non-hydrogen) atoms. The highest BCUT2D eigenvalue weighted by Gasteiger charge is 2.59. The second kappa shape index (κ2) is 5.10. The predicted octanol–water partition coefficient (Wildman–Crippen LogP) is 5.34. The van der Waals surface area contributed by atoms with E-state index in [1.54, 1.807) is 5.57 Å². The summed E-state index contributed by atoms with van der Waals surface area (Å²) in [6, 6.07) is 0. The summed E-state index contributed by atoms with van der Waals surface area (Å²) in [7, 11) is 0. The highest BCUT2D eigenvalue weighted by Crippen LogP contribution is 2.67. The maximum atomic E-state index is 10.9. The molecule has 124 valence electrons. The SMILES string of the molecule is CC[C@H]1CC[C@H]2[C@@H]3CCC4=CCC[C@H](O)[C@]4(C)[C@H]3CC[C@]12C. The van der Waals surface area contributed by atoms with Gasteiger partial charge in [0.1, 0.15) is 0 Å². The van der Waals surface area contributed by atoms with Crippen molar-refractivity contribution in [2.45, 2.75) is 84.7 Å². The Morgan fingerprint density at radius 2 is 1.91 bits per heavy atom. The van der Waals surface area contributed by atoms with Gasteiger partial charge in [0.2, 0.25) is 0 Å². The first-order valence-electron chi connectivity index (χ1n) is 9.89. The third kappa shape index (κ3) is 1.81. The smallest absolute Gasteiger partial charge is 0.0636 e. The van der Waals surface area contributed by atoms with Gasteiger partial charge in [0.15, 0.2) is 0 Å². The maximum Gasteiger partial charge on any atom is 0.0636 e. The molecule has 0 aromatic rings. The van der Waals surface area contributed by atoms with E-state index in [-0.39, 0.29) is 11.5 Å². The van der Waals surface area contributed by atoms with Crippen LogP contribution in [0.4, 0.5) is 0 Å². The van der Waals surface area contributed by atoms with Crippen molar-refractivity contribution in [3.05, 3.63) is 11.6 Å². The lowest BCUT2D eigenvalue weighted by molar-refractivity contribution is -0.0952. The average molecular weight is 303 g/mol. The van der Waals surface area contributed by atoms with Gasteiger partial charge in [-0.25, -0.2) is 0 Å². The first-order valence-corrected chi connectivity index (χ1v) is 9.89. The van der Waals surface area contributed by atoms with Crippen molar-refractivity contribution >= 4 is 0 Å². The highest BCUT2D eigenvalue weighted by molar-refractivity contribution is 5.26. The summed E-state index contributed by atoms with van der Waals surface area (Å²) >= 11 is 0. The van der Waals surface area contributed by atoms with Crippen LogP contribution in [-0.2, 0) is 0 Å². The molecule has 3 saturated carbocycles. The predicted molar refractivity (Wildman–Crippen MR) is 91.5 cm³/mol. The van der Waals surface area contributed by atoms with Crippen molar-refractivity contribution in [1.82, 2.24) is 0 Å². The number of aliphatic hydroxyl groups excluding tert-OH is 1. The molecule has 0 bridgehead atoms. The number of hydrogen-bond acceptors (Lipinski definition) is 1. The van der Waals surface area contributed by atoms with Gasteiger partial charge in [-0.05, 0) is 80.5 Å². The number of hydrogen-bond donors (Lipinski definition) is 1. The zero-order valence-electron chi connectivity index (χ0n) is 14.8. The molecule has 1 heteroatoms. The summed E-state index contributed by atoms with van der Waals surface area (Å²) in [4.78, 5) is 0. The summed E-state index contributed by atoms with van der Waals surface area (Å²) in [5.74, 6) is 3.52. The number of aliphatic hydroxyl groups is 1. The Morgan fingerprint density at radius 3 is 2.68 bits per heavy atom. The molecule has 7 atom stereocenters. The minimum Gasteiger partial charge on any atom is -0.392 e. The monoisotopic (exact) mass is 302 g/mol. The highest BCUT2D eigenvalue weighted by atomic mass is 16.3. The van der Waals surface area contributed by atoms with E-state index >= 15 is 0 Å². The molecule has 0 aliphatic heterocycles. The Bertz CT molecular complexity index is 480. The molecule has 0 aromatic heterocycles. The van der Waals surface area contributed by atoms with Crippen molar-refractivity contribution in [1.29, 1.82) is 0 Å². The molecule has 0 aromatic carbocycles. The molecule has 3 fully saturated rings. The molecule has 1 N–H and O–H groups in total. The van der Waals surface area contributed by atoms with E-state index in [0.717, 1.165) is 36.5 Å². The summed E-state index contributed by atoms with van der Waals surface area (Å²) in [5, 5.41) is 10.9. The molecule has 4 rings (SSSR count). The van der Waals surface area contributed by atoms with Crippen LogP contribution in [0, 0.1) is 34.5 Å². The van der Waals surface area contributed by atoms with Gasteiger partial charge in [0, 0.05) is 5.41 Å². The van der Waals surface area contributed by atoms with Crippen LogP contribution in [0.5, 0.6) is 0 Å². The van der Waals surface area contributed by atoms with Gasteiger partial charge in [0.25, 0.3) is 0 Å². The van der Waals surface area contributed by atoms with Gasteiger partial charge >= 0.3 is 0 Å². The van der Waals surface area contributed by atoms with Crippen LogP contribution in [0.3, 0.4) is 0 Å². The largest absolute Gasteiger partial charge is 0.392 e. The van der Waals surface area contributed by atoms with E-state index in [1.807, 2.05) is 0 Å². The Hall–Kier alpha value is -0.300. The fourth-order valence-electron chi connectivity index (χ4n) is 7.54. The maximum absolute atomic E-state index is 10.9. The van der Waals surface area contributed by atoms with Crippen LogP contribution in [0.2, 0.25) is 0 Å². The Morgan fingerprint density at radius 1 is 1.09 bits per heavy atom. The third-order valence-corrected chi connectivity index (χ3v) is 8.86. The van der Waals surface area contributed by atoms with E-state index in [4.69, 9.17) is 0 Å². The lowest BCUT2D eigenvalue weighted by atomic mass is 9.46. The van der Waals surface area contributed by atoms with Gasteiger partial charge in [0.05, 0.1) is 6.10 Å². The van der Waals surface area contributed by atoms with E-state index in [9.17, 15) is 5.11 Å². The quantitative estimate of drug-likeness (QED) is 0.648. The molecule has 4 aliphatic carbocycles. The Kier molecular flexibility index (Phi) is 3.53. The van der Waals surface area contributed by atoms with E-state index in [0.29, 0.717) is 5.41 Å². The Labute approximate surface area is 136 Å². The van der Waals surface area contributed by atoms with Crippen LogP contribution in [-0.4, -0.2) is 11.2 Å². The third-order valence-electron chi connectivity index (χ3n) is 8.86. The number of allylic oxidation sites excluding steroid dienone is 1. The van der Waals surface area contributed by atoms with Crippen LogP contribution in [0.15, 0.2) is 11.6 Å². The lowest BCUT2D eigenvalue weighted by Crippen LogP contribution is -2.54. The second-order valence-corrected chi connectivity index (χ2v) is 9.25. The van der Waals surface area contributed by atoms with Crippen LogP contribution >= 0.6 is 0 Å². The first-order chi connectivity index (χ1) is 10.5. The molecule has 0 unspecified atom stereocenters. The summed E-state index contributed by atoms with van der Waals surface area (Å²) in [6.07, 6.45) is 14.2. The van der Waals surface area contributed by atoms with Gasteiger partial charge in [-0.15, -0.1) is 0 Å². The van der Waals surface area contributed by atoms with Gasteiger partial charge in [-0.2, -0.15) is 0 Å². The normalized spacial score (nSPS) is 54.2. The molecule has 0 radical (unpaired) electrons. The van der Waals surface area contributed by atoms with E-state index in [2.05, 4.69) is 26.8 Å². The summed E-state index contributed by atoms with van der Waals surface area (Å²) < 4.78 is 0. The van der Waals surface area contributed by atoms with Crippen molar-refractivity contribution in [2.75, 3.05) is 0 Å². The number of rotatable bonds is 1. The topological polar surface area (TPSA) is 20.2 Å². The van der Waals surface area contributed by atoms with Crippen LogP contribution in [0.25, 0.3) is 0 Å². The molecule has 4 aliphatic rings. The first kappa shape index (κ1) is 15.2. The van der Waals surface area contributed by atoms with Crippen molar-refractivity contribution in [2.24, 2.45) is 34.5 Å². The lowest BCUT2D eigenvalue weighted by Gasteiger charge is -2.59. The van der Waals surface area contributed by atoms with Crippen LogP contribution < -0.4 is 0 Å².